The Kier molecular flexibility index (Phi) is 4.06. The minimum atomic E-state index is 0.406. The van der Waals surface area contributed by atoms with Gasteiger partial charge < -0.3 is 5.32 Å². The van der Waals surface area contributed by atoms with E-state index < -0.39 is 0 Å². The molecule has 1 nitrogen and oxygen atoms in total. The Morgan fingerprint density at radius 1 is 1.78 bits per heavy atom. The smallest absolute Gasteiger partial charge is 0.0248 e. The Balaban J connectivity index is 3.37. The van der Waals surface area contributed by atoms with Crippen LogP contribution >= 0.6 is 0 Å². The molecule has 0 heterocycles. The van der Waals surface area contributed by atoms with Gasteiger partial charge in [0, 0.05) is 12.6 Å². The molecule has 0 fully saturated rings. The van der Waals surface area contributed by atoms with Crippen LogP contribution in [0.25, 0.3) is 0 Å². The molecule has 0 aliphatic heterocycles. The van der Waals surface area contributed by atoms with Crippen LogP contribution in [0.3, 0.4) is 0 Å². The van der Waals surface area contributed by atoms with Gasteiger partial charge in [0.1, 0.15) is 0 Å². The molecule has 0 aliphatic rings. The summed E-state index contributed by atoms with van der Waals surface area (Å²) >= 11 is 0. The van der Waals surface area contributed by atoms with E-state index in [1.807, 2.05) is 13.0 Å². The van der Waals surface area contributed by atoms with E-state index in [9.17, 15) is 0 Å². The molecular weight excluding hydrogens is 110 g/mol. The molecule has 1 unspecified atom stereocenters. The highest BCUT2D eigenvalue weighted by Crippen LogP contribution is 1.94. The topological polar surface area (TPSA) is 12.0 Å². The highest BCUT2D eigenvalue weighted by molar-refractivity contribution is 4.99. The van der Waals surface area contributed by atoms with Crippen LogP contribution in [0.15, 0.2) is 24.8 Å². The van der Waals surface area contributed by atoms with E-state index in [2.05, 4.69) is 25.4 Å². The van der Waals surface area contributed by atoms with Crippen molar-refractivity contribution >= 4 is 0 Å². The third-order valence-electron chi connectivity index (χ3n) is 1.31. The molecule has 0 saturated carbocycles. The van der Waals surface area contributed by atoms with Gasteiger partial charge in [0.2, 0.25) is 0 Å². The second kappa shape index (κ2) is 4.33. The summed E-state index contributed by atoms with van der Waals surface area (Å²) in [6.45, 7) is 12.4. The van der Waals surface area contributed by atoms with E-state index in [0.29, 0.717) is 6.04 Å². The van der Waals surface area contributed by atoms with Crippen molar-refractivity contribution in [1.82, 2.24) is 5.32 Å². The van der Waals surface area contributed by atoms with Gasteiger partial charge in [-0.2, -0.15) is 0 Å². The molecule has 0 bridgehead atoms. The first kappa shape index (κ1) is 8.44. The predicted octanol–water partition coefficient (Wildman–Crippen LogP) is 1.73. The number of nitrogens with one attached hydrogen (secondary N) is 1. The summed E-state index contributed by atoms with van der Waals surface area (Å²) in [5.41, 5.74) is 1.16. The third kappa shape index (κ3) is 3.98. The zero-order chi connectivity index (χ0) is 7.28. The first-order valence-corrected chi connectivity index (χ1v) is 3.18. The zero-order valence-electron chi connectivity index (χ0n) is 6.28. The van der Waals surface area contributed by atoms with E-state index in [4.69, 9.17) is 0 Å². The van der Waals surface area contributed by atoms with Crippen molar-refractivity contribution in [3.05, 3.63) is 24.8 Å². The average Bonchev–Trinajstić information content (AvgIpc) is 1.82. The Labute approximate surface area is 57.5 Å². The fourth-order valence-electron chi connectivity index (χ4n) is 0.434. The van der Waals surface area contributed by atoms with Gasteiger partial charge in [-0.25, -0.2) is 0 Å². The van der Waals surface area contributed by atoms with Crippen LogP contribution in [-0.4, -0.2) is 12.6 Å². The average molecular weight is 125 g/mol. The maximum Gasteiger partial charge on any atom is 0.0248 e. The molecule has 0 radical (unpaired) electrons. The fraction of sp³-hybridized carbons (Fsp3) is 0.500. The second-order valence-electron chi connectivity index (χ2n) is 2.26. The van der Waals surface area contributed by atoms with E-state index in [-0.39, 0.29) is 0 Å². The quantitative estimate of drug-likeness (QED) is 0.564. The largest absolute Gasteiger partial charge is 0.307 e. The van der Waals surface area contributed by atoms with Crippen molar-refractivity contribution in [2.75, 3.05) is 6.54 Å². The predicted molar refractivity (Wildman–Crippen MR) is 42.5 cm³/mol. The van der Waals surface area contributed by atoms with Crippen LogP contribution in [0.5, 0.6) is 0 Å². The minimum Gasteiger partial charge on any atom is -0.307 e. The third-order valence-corrected chi connectivity index (χ3v) is 1.31. The Bertz CT molecular complexity index is 105. The second-order valence-corrected chi connectivity index (χ2v) is 2.26. The van der Waals surface area contributed by atoms with Crippen molar-refractivity contribution < 1.29 is 0 Å². The molecule has 0 aliphatic carbocycles. The van der Waals surface area contributed by atoms with Crippen LogP contribution < -0.4 is 5.32 Å². The van der Waals surface area contributed by atoms with Gasteiger partial charge in [0.05, 0.1) is 0 Å². The normalized spacial score (nSPS) is 12.7. The van der Waals surface area contributed by atoms with Crippen molar-refractivity contribution in [1.29, 1.82) is 0 Å². The van der Waals surface area contributed by atoms with Crippen LogP contribution in [-0.2, 0) is 0 Å². The van der Waals surface area contributed by atoms with E-state index in [1.54, 1.807) is 0 Å². The molecule has 9 heavy (non-hydrogen) atoms. The zero-order valence-corrected chi connectivity index (χ0v) is 6.28. The van der Waals surface area contributed by atoms with E-state index >= 15 is 0 Å². The Hall–Kier alpha value is -0.560. The number of rotatable bonds is 4. The maximum absolute atomic E-state index is 3.81. The summed E-state index contributed by atoms with van der Waals surface area (Å²) in [4.78, 5) is 0. The lowest BCUT2D eigenvalue weighted by atomic mass is 10.2. The first-order chi connectivity index (χ1) is 4.18. The molecule has 0 saturated heterocycles. The summed E-state index contributed by atoms with van der Waals surface area (Å²) in [7, 11) is 0. The molecule has 1 heteroatoms. The molecule has 0 amide bonds. The van der Waals surface area contributed by atoms with Crippen LogP contribution in [0, 0.1) is 0 Å². The van der Waals surface area contributed by atoms with Gasteiger partial charge in [-0.15, -0.1) is 6.58 Å². The lowest BCUT2D eigenvalue weighted by molar-refractivity contribution is 0.657. The summed E-state index contributed by atoms with van der Waals surface area (Å²) < 4.78 is 0. The summed E-state index contributed by atoms with van der Waals surface area (Å²) in [5, 5.41) is 3.21. The minimum absolute atomic E-state index is 0.406. The number of hydrogen-bond acceptors (Lipinski definition) is 1. The van der Waals surface area contributed by atoms with E-state index in [1.165, 1.54) is 0 Å². The lowest BCUT2D eigenvalue weighted by Gasteiger charge is -2.10. The molecule has 52 valence electrons. The van der Waals surface area contributed by atoms with E-state index in [0.717, 1.165) is 12.1 Å². The summed E-state index contributed by atoms with van der Waals surface area (Å²) in [6.07, 6.45) is 1.85. The highest BCUT2D eigenvalue weighted by Gasteiger charge is 1.96. The van der Waals surface area contributed by atoms with Crippen molar-refractivity contribution in [2.24, 2.45) is 0 Å². The Morgan fingerprint density at radius 3 is 2.67 bits per heavy atom. The first-order valence-electron chi connectivity index (χ1n) is 3.18. The van der Waals surface area contributed by atoms with Crippen LogP contribution in [0.4, 0.5) is 0 Å². The molecule has 1 atom stereocenters. The molecular formula is C8H15N. The highest BCUT2D eigenvalue weighted by atomic mass is 14.9. The molecule has 0 aromatic heterocycles. The molecule has 0 aromatic carbocycles. The Morgan fingerprint density at radius 2 is 2.33 bits per heavy atom. The van der Waals surface area contributed by atoms with Gasteiger partial charge in [-0.1, -0.05) is 18.2 Å². The van der Waals surface area contributed by atoms with Gasteiger partial charge in [0.25, 0.3) is 0 Å². The van der Waals surface area contributed by atoms with Crippen LogP contribution in [0.1, 0.15) is 13.8 Å². The molecule has 1 N–H and O–H groups in total. The SMILES string of the molecule is C=CCNC(C)C(=C)C. The van der Waals surface area contributed by atoms with Gasteiger partial charge >= 0.3 is 0 Å². The number of hydrogen-bond donors (Lipinski definition) is 1. The van der Waals surface area contributed by atoms with Crippen molar-refractivity contribution in [3.63, 3.8) is 0 Å². The summed E-state index contributed by atoms with van der Waals surface area (Å²) in [6, 6.07) is 0.406. The molecule has 0 spiro atoms. The summed E-state index contributed by atoms with van der Waals surface area (Å²) in [5.74, 6) is 0. The van der Waals surface area contributed by atoms with Gasteiger partial charge in [-0.05, 0) is 13.8 Å². The lowest BCUT2D eigenvalue weighted by Crippen LogP contribution is -2.26. The monoisotopic (exact) mass is 125 g/mol. The standard InChI is InChI=1S/C8H15N/c1-5-6-9-8(4)7(2)3/h5,8-9H,1-2,6H2,3-4H3. The van der Waals surface area contributed by atoms with Crippen molar-refractivity contribution in [2.45, 2.75) is 19.9 Å². The van der Waals surface area contributed by atoms with Gasteiger partial charge in [0.15, 0.2) is 0 Å². The molecule has 0 rings (SSSR count). The molecule has 0 aromatic rings. The fourth-order valence-corrected chi connectivity index (χ4v) is 0.434. The van der Waals surface area contributed by atoms with Crippen LogP contribution in [0.2, 0.25) is 0 Å². The maximum atomic E-state index is 3.81. The van der Waals surface area contributed by atoms with Gasteiger partial charge in [-0.3, -0.25) is 0 Å². The van der Waals surface area contributed by atoms with Crippen molar-refractivity contribution in [3.8, 4) is 0 Å².